The third-order valence-electron chi connectivity index (χ3n) is 2.36. The monoisotopic (exact) mass is 278 g/mol. The average Bonchev–Trinajstić information content (AvgIpc) is 2.38. The first-order valence-electron chi connectivity index (χ1n) is 5.42. The molecule has 2 rings (SSSR count). The highest BCUT2D eigenvalue weighted by atomic mass is 35.5. The van der Waals surface area contributed by atoms with E-state index in [1.54, 1.807) is 37.4 Å². The Balaban J connectivity index is 2.52. The molecule has 3 N–H and O–H groups in total. The molecule has 0 aliphatic carbocycles. The smallest absolute Gasteiger partial charge is 0.409 e. The Labute approximate surface area is 114 Å². The van der Waals surface area contributed by atoms with Crippen LogP contribution in [0.3, 0.4) is 0 Å². The molecule has 0 bridgehead atoms. The molecule has 1 aromatic carbocycles. The van der Waals surface area contributed by atoms with Gasteiger partial charge in [-0.15, -0.1) is 0 Å². The fourth-order valence-corrected chi connectivity index (χ4v) is 1.75. The lowest BCUT2D eigenvalue weighted by Gasteiger charge is -2.09. The minimum absolute atomic E-state index is 0.277. The van der Waals surface area contributed by atoms with Crippen LogP contribution >= 0.6 is 11.6 Å². The Morgan fingerprint density at radius 2 is 2.05 bits per heavy atom. The van der Waals surface area contributed by atoms with Crippen LogP contribution < -0.4 is 10.6 Å². The van der Waals surface area contributed by atoms with Gasteiger partial charge in [-0.05, 0) is 12.1 Å². The molecule has 0 radical (unpaired) electrons. The highest BCUT2D eigenvalue weighted by molar-refractivity contribution is 6.29. The maximum absolute atomic E-state index is 10.8. The Kier molecular flexibility index (Phi) is 3.82. The molecule has 1 aromatic heterocycles. The van der Waals surface area contributed by atoms with Crippen molar-refractivity contribution in [2.75, 3.05) is 17.7 Å². The van der Waals surface area contributed by atoms with Gasteiger partial charge in [0.1, 0.15) is 11.0 Å². The number of hydrogen-bond donors (Lipinski definition) is 3. The van der Waals surface area contributed by atoms with Crippen LogP contribution in [-0.2, 0) is 0 Å². The third kappa shape index (κ3) is 3.11. The van der Waals surface area contributed by atoms with E-state index in [4.69, 9.17) is 16.7 Å². The van der Waals surface area contributed by atoms with E-state index in [2.05, 4.69) is 20.6 Å². The number of nitrogens with zero attached hydrogens (tertiary/aromatic N) is 2. The zero-order valence-corrected chi connectivity index (χ0v) is 10.8. The fourth-order valence-electron chi connectivity index (χ4n) is 1.57. The van der Waals surface area contributed by atoms with Gasteiger partial charge in [-0.1, -0.05) is 23.7 Å². The van der Waals surface area contributed by atoms with E-state index in [-0.39, 0.29) is 5.15 Å². The second-order valence-electron chi connectivity index (χ2n) is 3.63. The van der Waals surface area contributed by atoms with Gasteiger partial charge >= 0.3 is 6.09 Å². The molecule has 0 aliphatic rings. The Morgan fingerprint density at radius 3 is 2.74 bits per heavy atom. The minimum atomic E-state index is -1.15. The van der Waals surface area contributed by atoms with E-state index in [9.17, 15) is 4.79 Å². The van der Waals surface area contributed by atoms with Crippen molar-refractivity contribution in [3.63, 3.8) is 0 Å². The summed E-state index contributed by atoms with van der Waals surface area (Å²) in [6.07, 6.45) is -1.15. The predicted octanol–water partition coefficient (Wildman–Crippen LogP) is 2.93. The largest absolute Gasteiger partial charge is 0.465 e. The third-order valence-corrected chi connectivity index (χ3v) is 2.55. The van der Waals surface area contributed by atoms with Gasteiger partial charge in [0, 0.05) is 18.7 Å². The molecule has 6 nitrogen and oxygen atoms in total. The van der Waals surface area contributed by atoms with Crippen molar-refractivity contribution in [2.45, 2.75) is 0 Å². The SMILES string of the molecule is CNc1cc(Cl)nc(-c2ccccc2NC(=O)O)n1. The summed E-state index contributed by atoms with van der Waals surface area (Å²) in [5, 5.41) is 14.2. The normalized spacial score (nSPS) is 10.0. The van der Waals surface area contributed by atoms with Gasteiger partial charge in [-0.2, -0.15) is 0 Å². The van der Waals surface area contributed by atoms with Gasteiger partial charge in [-0.3, -0.25) is 5.32 Å². The number of carboxylic acid groups (broad SMARTS) is 1. The maximum Gasteiger partial charge on any atom is 0.409 e. The van der Waals surface area contributed by atoms with Gasteiger partial charge in [0.25, 0.3) is 0 Å². The number of halogens is 1. The number of benzene rings is 1. The molecular weight excluding hydrogens is 268 g/mol. The zero-order valence-electron chi connectivity index (χ0n) is 10.0. The van der Waals surface area contributed by atoms with Crippen molar-refractivity contribution in [2.24, 2.45) is 0 Å². The molecule has 0 atom stereocenters. The molecule has 1 amide bonds. The van der Waals surface area contributed by atoms with E-state index >= 15 is 0 Å². The van der Waals surface area contributed by atoms with E-state index < -0.39 is 6.09 Å². The van der Waals surface area contributed by atoms with Gasteiger partial charge < -0.3 is 10.4 Å². The number of hydrogen-bond acceptors (Lipinski definition) is 4. The molecule has 1 heterocycles. The number of para-hydroxylation sites is 1. The molecule has 0 saturated carbocycles. The first kappa shape index (κ1) is 13.1. The van der Waals surface area contributed by atoms with Gasteiger partial charge in [0.15, 0.2) is 5.82 Å². The van der Waals surface area contributed by atoms with Gasteiger partial charge in [0.2, 0.25) is 0 Å². The van der Waals surface area contributed by atoms with E-state index in [0.717, 1.165) is 0 Å². The summed E-state index contributed by atoms with van der Waals surface area (Å²) in [6.45, 7) is 0. The summed E-state index contributed by atoms with van der Waals surface area (Å²) < 4.78 is 0. The van der Waals surface area contributed by atoms with Crippen LogP contribution in [0.1, 0.15) is 0 Å². The van der Waals surface area contributed by atoms with Crippen molar-refractivity contribution < 1.29 is 9.90 Å². The molecule has 2 aromatic rings. The van der Waals surface area contributed by atoms with Gasteiger partial charge in [0.05, 0.1) is 5.69 Å². The summed E-state index contributed by atoms with van der Waals surface area (Å²) in [4.78, 5) is 19.1. The van der Waals surface area contributed by atoms with Crippen LogP contribution in [0, 0.1) is 0 Å². The molecule has 0 aliphatic heterocycles. The van der Waals surface area contributed by atoms with Crippen LogP contribution in [0.15, 0.2) is 30.3 Å². The fraction of sp³-hybridized carbons (Fsp3) is 0.0833. The Morgan fingerprint density at radius 1 is 1.32 bits per heavy atom. The second kappa shape index (κ2) is 5.53. The first-order valence-corrected chi connectivity index (χ1v) is 5.79. The van der Waals surface area contributed by atoms with Crippen molar-refractivity contribution in [1.82, 2.24) is 9.97 Å². The van der Waals surface area contributed by atoms with Crippen molar-refractivity contribution in [1.29, 1.82) is 0 Å². The average molecular weight is 279 g/mol. The van der Waals surface area contributed by atoms with E-state index in [0.29, 0.717) is 22.9 Å². The number of amides is 1. The van der Waals surface area contributed by atoms with Gasteiger partial charge in [-0.25, -0.2) is 14.8 Å². The molecule has 0 spiro atoms. The predicted molar refractivity (Wildman–Crippen MR) is 73.7 cm³/mol. The number of rotatable bonds is 3. The molecular formula is C12H11ClN4O2. The molecule has 19 heavy (non-hydrogen) atoms. The molecule has 0 saturated heterocycles. The van der Waals surface area contributed by atoms with Crippen LogP contribution in [0.5, 0.6) is 0 Å². The maximum atomic E-state index is 10.8. The van der Waals surface area contributed by atoms with E-state index in [1.807, 2.05) is 0 Å². The van der Waals surface area contributed by atoms with Crippen LogP contribution in [0.4, 0.5) is 16.3 Å². The lowest BCUT2D eigenvalue weighted by molar-refractivity contribution is 0.210. The lowest BCUT2D eigenvalue weighted by Crippen LogP contribution is -2.09. The summed E-state index contributed by atoms with van der Waals surface area (Å²) in [5.41, 5.74) is 0.961. The molecule has 0 fully saturated rings. The van der Waals surface area contributed by atoms with Crippen molar-refractivity contribution in [3.8, 4) is 11.4 Å². The minimum Gasteiger partial charge on any atom is -0.465 e. The van der Waals surface area contributed by atoms with Crippen molar-refractivity contribution >= 4 is 29.2 Å². The van der Waals surface area contributed by atoms with E-state index in [1.165, 1.54) is 0 Å². The number of nitrogens with one attached hydrogen (secondary N) is 2. The first-order chi connectivity index (χ1) is 9.10. The molecule has 0 unspecified atom stereocenters. The highest BCUT2D eigenvalue weighted by Gasteiger charge is 2.11. The number of carbonyl (C=O) groups is 1. The molecule has 7 heteroatoms. The number of aromatic nitrogens is 2. The topological polar surface area (TPSA) is 87.1 Å². The standard InChI is InChI=1S/C12H11ClN4O2/c1-14-10-6-9(13)16-11(17-10)7-4-2-3-5-8(7)15-12(18)19/h2-6,15H,1H3,(H,18,19)(H,14,16,17). The Hall–Kier alpha value is -2.34. The summed E-state index contributed by atoms with van der Waals surface area (Å²) in [6, 6.07) is 8.42. The molecule has 98 valence electrons. The summed E-state index contributed by atoms with van der Waals surface area (Å²) in [5.74, 6) is 0.904. The Bertz CT molecular complexity index is 618. The highest BCUT2D eigenvalue weighted by Crippen LogP contribution is 2.27. The quantitative estimate of drug-likeness (QED) is 0.752. The number of anilines is 2. The summed E-state index contributed by atoms with van der Waals surface area (Å²) in [7, 11) is 1.71. The summed E-state index contributed by atoms with van der Waals surface area (Å²) >= 11 is 5.91. The van der Waals surface area contributed by atoms with Crippen LogP contribution in [0.2, 0.25) is 5.15 Å². The zero-order chi connectivity index (χ0) is 13.8. The lowest BCUT2D eigenvalue weighted by atomic mass is 10.1. The van der Waals surface area contributed by atoms with Crippen LogP contribution in [0.25, 0.3) is 11.4 Å². The second-order valence-corrected chi connectivity index (χ2v) is 4.01. The van der Waals surface area contributed by atoms with Crippen LogP contribution in [-0.4, -0.2) is 28.2 Å². The van der Waals surface area contributed by atoms with Crippen molar-refractivity contribution in [3.05, 3.63) is 35.5 Å².